The normalized spacial score (nSPS) is 13.6. The summed E-state index contributed by atoms with van der Waals surface area (Å²) in [6.45, 7) is 4.70. The molecule has 0 amide bonds. The van der Waals surface area contributed by atoms with Gasteiger partial charge in [0.05, 0.1) is 34.4 Å². The number of allylic oxidation sites excluding steroid dienone is 16. The molecule has 68 heavy (non-hydrogen) atoms. The van der Waals surface area contributed by atoms with Crippen molar-refractivity contribution in [1.29, 1.82) is 0 Å². The topological polar surface area (TPSA) is 108 Å². The lowest BCUT2D eigenvalue weighted by atomic mass is 10.1. The van der Waals surface area contributed by atoms with Crippen molar-refractivity contribution in [1.82, 2.24) is 0 Å². The molecule has 0 aromatic heterocycles. The highest BCUT2D eigenvalue weighted by atomic mass is 16.7. The number of carboxylic acids is 1. The van der Waals surface area contributed by atoms with Crippen LogP contribution < -0.4 is 0 Å². The lowest BCUT2D eigenvalue weighted by Crippen LogP contribution is -2.40. The van der Waals surface area contributed by atoms with Gasteiger partial charge in [0.1, 0.15) is 13.2 Å². The maximum Gasteiger partial charge on any atom is 0.361 e. The standard InChI is InChI=1S/C59H99NO8/c1-6-8-10-12-14-16-18-20-21-22-23-24-25-26-27-28-29-30-31-32-33-34-35-36-37-38-40-42-44-46-48-50-57(62)68-55(54-67-59(58(63)64)65-52-51-60(3,4)5)53-66-56(61)49-47-45-43-41-39-19-17-15-13-11-9-7-2/h8,10,14-17,20-21,23-24,26-27,29-30,32-33,55,59H,6-7,9,11-13,18-19,22,25,28,31,34-54H2,1-5H3/p+1/b10-8-,16-14-,17-15-,21-20-,24-23-,27-26-,30-29-,33-32-. The predicted molar refractivity (Wildman–Crippen MR) is 285 cm³/mol. The molecule has 0 fully saturated rings. The number of esters is 2. The zero-order chi connectivity index (χ0) is 49.9. The summed E-state index contributed by atoms with van der Waals surface area (Å²) in [6, 6.07) is 0. The molecule has 0 aromatic carbocycles. The molecule has 1 N–H and O–H groups in total. The van der Waals surface area contributed by atoms with Crippen LogP contribution in [0.3, 0.4) is 0 Å². The van der Waals surface area contributed by atoms with Crippen LogP contribution in [0.5, 0.6) is 0 Å². The van der Waals surface area contributed by atoms with Gasteiger partial charge >= 0.3 is 17.9 Å². The number of hydrogen-bond donors (Lipinski definition) is 1. The van der Waals surface area contributed by atoms with E-state index in [1.807, 2.05) is 21.1 Å². The largest absolute Gasteiger partial charge is 0.477 e. The minimum atomic E-state index is -1.52. The summed E-state index contributed by atoms with van der Waals surface area (Å²) in [4.78, 5) is 37.2. The molecular weight excluding hydrogens is 851 g/mol. The molecule has 0 radical (unpaired) electrons. The lowest BCUT2D eigenvalue weighted by Gasteiger charge is -2.25. The smallest absolute Gasteiger partial charge is 0.361 e. The molecule has 0 spiro atoms. The van der Waals surface area contributed by atoms with Gasteiger partial charge in [-0.25, -0.2) is 4.79 Å². The van der Waals surface area contributed by atoms with Crippen LogP contribution in [0.15, 0.2) is 97.2 Å². The highest BCUT2D eigenvalue weighted by molar-refractivity contribution is 5.71. The number of quaternary nitrogens is 1. The highest BCUT2D eigenvalue weighted by Crippen LogP contribution is 2.14. The first kappa shape index (κ1) is 64.2. The molecule has 388 valence electrons. The van der Waals surface area contributed by atoms with Gasteiger partial charge in [-0.1, -0.05) is 188 Å². The molecule has 2 atom stereocenters. The number of likely N-dealkylation sites (N-methyl/N-ethyl adjacent to an activating group) is 1. The number of ether oxygens (including phenoxy) is 4. The molecule has 0 aromatic rings. The number of carbonyl (C=O) groups is 3. The Morgan fingerprint density at radius 1 is 0.456 bits per heavy atom. The van der Waals surface area contributed by atoms with Gasteiger partial charge in [0.25, 0.3) is 6.29 Å². The van der Waals surface area contributed by atoms with Crippen molar-refractivity contribution in [2.45, 2.75) is 212 Å². The number of unbranched alkanes of at least 4 members (excludes halogenated alkanes) is 17. The summed E-state index contributed by atoms with van der Waals surface area (Å²) >= 11 is 0. The van der Waals surface area contributed by atoms with Gasteiger partial charge in [0.2, 0.25) is 0 Å². The van der Waals surface area contributed by atoms with Crippen molar-refractivity contribution in [3.05, 3.63) is 97.2 Å². The van der Waals surface area contributed by atoms with E-state index in [0.717, 1.165) is 109 Å². The molecule has 0 saturated carbocycles. The Bertz CT molecular complexity index is 1430. The zero-order valence-electron chi connectivity index (χ0n) is 44.0. The van der Waals surface area contributed by atoms with Crippen LogP contribution in [-0.4, -0.2) is 87.4 Å². The van der Waals surface area contributed by atoms with Crippen LogP contribution >= 0.6 is 0 Å². The summed E-state index contributed by atoms with van der Waals surface area (Å²) < 4.78 is 22.8. The van der Waals surface area contributed by atoms with Crippen LogP contribution in [-0.2, 0) is 33.3 Å². The van der Waals surface area contributed by atoms with Crippen molar-refractivity contribution in [2.75, 3.05) is 47.5 Å². The van der Waals surface area contributed by atoms with Gasteiger partial charge in [-0.2, -0.15) is 0 Å². The molecule has 0 heterocycles. The molecule has 0 bridgehead atoms. The highest BCUT2D eigenvalue weighted by Gasteiger charge is 2.25. The summed E-state index contributed by atoms with van der Waals surface area (Å²) in [6.07, 6.45) is 63.4. The van der Waals surface area contributed by atoms with E-state index in [0.29, 0.717) is 17.4 Å². The third-order valence-electron chi connectivity index (χ3n) is 11.1. The average molecular weight is 951 g/mol. The number of carbonyl (C=O) groups excluding carboxylic acids is 2. The van der Waals surface area contributed by atoms with E-state index in [1.165, 1.54) is 57.8 Å². The SMILES string of the molecule is CC/C=C\C/C=C\C/C=C\C/C=C\C/C=C\C/C=C\C/C=C\CCCCCCCCCCCC(=O)OC(COC(=O)CCCCCCC/C=C\CCCCC)COC(OCC[N+](C)(C)C)C(=O)O. The third-order valence-corrected chi connectivity index (χ3v) is 11.1. The third kappa shape index (κ3) is 50.1. The van der Waals surface area contributed by atoms with Crippen LogP contribution in [0, 0.1) is 0 Å². The average Bonchev–Trinajstić information content (AvgIpc) is 3.30. The Kier molecular flexibility index (Phi) is 46.9. The monoisotopic (exact) mass is 951 g/mol. The van der Waals surface area contributed by atoms with E-state index in [1.54, 1.807) is 0 Å². The Labute approximate surface area is 416 Å². The van der Waals surface area contributed by atoms with Gasteiger partial charge in [0.15, 0.2) is 6.10 Å². The van der Waals surface area contributed by atoms with Gasteiger partial charge < -0.3 is 28.5 Å². The molecule has 0 aliphatic carbocycles. The van der Waals surface area contributed by atoms with Crippen LogP contribution in [0.4, 0.5) is 0 Å². The first-order valence-corrected chi connectivity index (χ1v) is 26.9. The first-order chi connectivity index (χ1) is 33.1. The fourth-order valence-corrected chi connectivity index (χ4v) is 6.93. The first-order valence-electron chi connectivity index (χ1n) is 26.9. The lowest BCUT2D eigenvalue weighted by molar-refractivity contribution is -0.870. The van der Waals surface area contributed by atoms with Crippen LogP contribution in [0.2, 0.25) is 0 Å². The summed E-state index contributed by atoms with van der Waals surface area (Å²) in [5.74, 6) is -2.04. The van der Waals surface area contributed by atoms with Gasteiger partial charge in [-0.3, -0.25) is 9.59 Å². The minimum Gasteiger partial charge on any atom is -0.477 e. The maximum absolute atomic E-state index is 12.8. The van der Waals surface area contributed by atoms with E-state index in [-0.39, 0.29) is 38.6 Å². The van der Waals surface area contributed by atoms with Crippen molar-refractivity contribution < 1.29 is 42.9 Å². The van der Waals surface area contributed by atoms with Crippen molar-refractivity contribution in [3.8, 4) is 0 Å². The van der Waals surface area contributed by atoms with Gasteiger partial charge in [-0.05, 0) is 96.3 Å². The number of nitrogens with zero attached hydrogens (tertiary/aromatic N) is 1. The van der Waals surface area contributed by atoms with E-state index < -0.39 is 24.3 Å². The molecule has 0 saturated heterocycles. The molecule has 0 aliphatic rings. The number of carboxylic acid groups (broad SMARTS) is 1. The molecule has 9 heteroatoms. The Morgan fingerprint density at radius 3 is 1.26 bits per heavy atom. The van der Waals surface area contributed by atoms with Crippen molar-refractivity contribution in [3.63, 3.8) is 0 Å². The Hall–Kier alpha value is -3.79. The molecule has 0 rings (SSSR count). The second-order valence-corrected chi connectivity index (χ2v) is 18.8. The molecule has 2 unspecified atom stereocenters. The molecule has 0 aliphatic heterocycles. The fraction of sp³-hybridized carbons (Fsp3) is 0.678. The maximum atomic E-state index is 12.8. The van der Waals surface area contributed by atoms with E-state index >= 15 is 0 Å². The summed E-state index contributed by atoms with van der Waals surface area (Å²) in [5, 5.41) is 9.67. The molecule has 9 nitrogen and oxygen atoms in total. The van der Waals surface area contributed by atoms with E-state index in [2.05, 4.69) is 111 Å². The minimum absolute atomic E-state index is 0.181. The summed E-state index contributed by atoms with van der Waals surface area (Å²) in [7, 11) is 5.95. The summed E-state index contributed by atoms with van der Waals surface area (Å²) in [5.41, 5.74) is 0. The quantitative estimate of drug-likeness (QED) is 0.0211. The van der Waals surface area contributed by atoms with Gasteiger partial charge in [0, 0.05) is 12.8 Å². The predicted octanol–water partition coefficient (Wildman–Crippen LogP) is 15.4. The zero-order valence-corrected chi connectivity index (χ0v) is 44.0. The second kappa shape index (κ2) is 49.6. The van der Waals surface area contributed by atoms with E-state index in [4.69, 9.17) is 18.9 Å². The fourth-order valence-electron chi connectivity index (χ4n) is 6.93. The van der Waals surface area contributed by atoms with Crippen molar-refractivity contribution >= 4 is 17.9 Å². The van der Waals surface area contributed by atoms with E-state index in [9.17, 15) is 19.5 Å². The van der Waals surface area contributed by atoms with Gasteiger partial charge in [-0.15, -0.1) is 0 Å². The number of rotatable bonds is 48. The van der Waals surface area contributed by atoms with Crippen molar-refractivity contribution in [2.24, 2.45) is 0 Å². The van der Waals surface area contributed by atoms with Crippen LogP contribution in [0.25, 0.3) is 0 Å². The number of aliphatic carboxylic acids is 1. The molecular formula is C59H100NO8+. The Morgan fingerprint density at radius 2 is 0.838 bits per heavy atom. The number of hydrogen-bond acceptors (Lipinski definition) is 7. The van der Waals surface area contributed by atoms with Crippen LogP contribution in [0.1, 0.15) is 200 Å². The Balaban J connectivity index is 4.25. The second-order valence-electron chi connectivity index (χ2n) is 18.8.